The number of fused-ring (bicyclic) bond motifs is 1. The summed E-state index contributed by atoms with van der Waals surface area (Å²) in [6.45, 7) is 1.45. The van der Waals surface area contributed by atoms with Gasteiger partial charge in [0.1, 0.15) is 0 Å². The van der Waals surface area contributed by atoms with Crippen LogP contribution in [0.3, 0.4) is 0 Å². The number of urea groups is 1. The van der Waals surface area contributed by atoms with Crippen molar-refractivity contribution in [2.24, 2.45) is 0 Å². The maximum atomic E-state index is 12.1. The van der Waals surface area contributed by atoms with Gasteiger partial charge in [0.05, 0.1) is 5.69 Å². The van der Waals surface area contributed by atoms with Crippen LogP contribution in [0.15, 0.2) is 54.7 Å². The van der Waals surface area contributed by atoms with Gasteiger partial charge in [-0.15, -0.1) is 0 Å². The van der Waals surface area contributed by atoms with E-state index >= 15 is 0 Å². The van der Waals surface area contributed by atoms with Crippen LogP contribution < -0.4 is 16.0 Å². The first-order valence-corrected chi connectivity index (χ1v) is 7.13. The number of hydrogen-bond acceptors (Lipinski definition) is 2. The molecule has 3 aromatic rings. The standard InChI is InChI=1S/C17H16N4O2/c1-11(22)19-12-6-8-13(9-7-12)20-17(23)21-16-10-18-15-5-3-2-4-14(15)16/h2-10,18H,1H3,(H,19,22)(H2,20,21,23). The number of para-hydroxylation sites is 1. The molecule has 3 rings (SSSR count). The van der Waals surface area contributed by atoms with Crippen molar-refractivity contribution in [1.82, 2.24) is 4.98 Å². The summed E-state index contributed by atoms with van der Waals surface area (Å²) in [4.78, 5) is 26.1. The number of carbonyl (C=O) groups is 2. The lowest BCUT2D eigenvalue weighted by Gasteiger charge is -2.08. The van der Waals surface area contributed by atoms with Crippen LogP contribution in [0.4, 0.5) is 21.9 Å². The molecule has 1 aromatic heterocycles. The van der Waals surface area contributed by atoms with Crippen molar-refractivity contribution in [3.8, 4) is 0 Å². The molecule has 0 fully saturated rings. The minimum Gasteiger partial charge on any atom is -0.359 e. The summed E-state index contributed by atoms with van der Waals surface area (Å²) in [5, 5.41) is 9.18. The Bertz CT molecular complexity index is 852. The fourth-order valence-electron chi connectivity index (χ4n) is 2.30. The zero-order valence-corrected chi connectivity index (χ0v) is 12.5. The maximum Gasteiger partial charge on any atom is 0.323 e. The van der Waals surface area contributed by atoms with E-state index in [9.17, 15) is 9.59 Å². The molecule has 4 N–H and O–H groups in total. The molecule has 0 saturated carbocycles. The highest BCUT2D eigenvalue weighted by molar-refractivity contribution is 6.06. The molecule has 6 heteroatoms. The van der Waals surface area contributed by atoms with Crippen LogP contribution in [0.5, 0.6) is 0 Å². The van der Waals surface area contributed by atoms with E-state index in [0.717, 1.165) is 10.9 Å². The summed E-state index contributed by atoms with van der Waals surface area (Å²) in [7, 11) is 0. The summed E-state index contributed by atoms with van der Waals surface area (Å²) in [5.74, 6) is -0.136. The van der Waals surface area contributed by atoms with Crippen LogP contribution in [0.2, 0.25) is 0 Å². The third kappa shape index (κ3) is 3.49. The molecule has 0 aliphatic rings. The molecule has 6 nitrogen and oxygen atoms in total. The highest BCUT2D eigenvalue weighted by atomic mass is 16.2. The second kappa shape index (κ2) is 6.23. The number of H-pyrrole nitrogens is 1. The van der Waals surface area contributed by atoms with Crippen LogP contribution in [0, 0.1) is 0 Å². The molecule has 2 aromatic carbocycles. The van der Waals surface area contributed by atoms with E-state index in [2.05, 4.69) is 20.9 Å². The second-order valence-corrected chi connectivity index (χ2v) is 5.09. The van der Waals surface area contributed by atoms with Gasteiger partial charge < -0.3 is 20.9 Å². The summed E-state index contributed by atoms with van der Waals surface area (Å²) in [6.07, 6.45) is 1.75. The van der Waals surface area contributed by atoms with Gasteiger partial charge in [-0.25, -0.2) is 4.79 Å². The molecule has 0 aliphatic heterocycles. The van der Waals surface area contributed by atoms with Gasteiger partial charge in [-0.3, -0.25) is 4.79 Å². The Morgan fingerprint density at radius 1 is 0.870 bits per heavy atom. The molecular weight excluding hydrogens is 292 g/mol. The van der Waals surface area contributed by atoms with E-state index in [1.807, 2.05) is 24.3 Å². The summed E-state index contributed by atoms with van der Waals surface area (Å²) in [6, 6.07) is 14.3. The van der Waals surface area contributed by atoms with Crippen LogP contribution >= 0.6 is 0 Å². The first-order chi connectivity index (χ1) is 11.1. The van der Waals surface area contributed by atoms with E-state index in [4.69, 9.17) is 0 Å². The summed E-state index contributed by atoms with van der Waals surface area (Å²) in [5.41, 5.74) is 2.99. The highest BCUT2D eigenvalue weighted by Gasteiger charge is 2.07. The fraction of sp³-hybridized carbons (Fsp3) is 0.0588. The first-order valence-electron chi connectivity index (χ1n) is 7.13. The number of rotatable bonds is 3. The predicted molar refractivity (Wildman–Crippen MR) is 91.7 cm³/mol. The Morgan fingerprint density at radius 3 is 2.22 bits per heavy atom. The number of nitrogens with one attached hydrogen (secondary N) is 4. The number of anilines is 3. The molecule has 0 radical (unpaired) electrons. The number of carbonyl (C=O) groups excluding carboxylic acids is 2. The Labute approximate surface area is 132 Å². The lowest BCUT2D eigenvalue weighted by molar-refractivity contribution is -0.114. The largest absolute Gasteiger partial charge is 0.359 e. The van der Waals surface area contributed by atoms with Crippen LogP contribution in [0.1, 0.15) is 6.92 Å². The third-order valence-electron chi connectivity index (χ3n) is 3.30. The van der Waals surface area contributed by atoms with E-state index in [1.54, 1.807) is 30.5 Å². The number of hydrogen-bond donors (Lipinski definition) is 4. The number of benzene rings is 2. The van der Waals surface area contributed by atoms with Crippen molar-refractivity contribution >= 4 is 39.9 Å². The van der Waals surface area contributed by atoms with Crippen LogP contribution in [-0.2, 0) is 4.79 Å². The molecule has 3 amide bonds. The Morgan fingerprint density at radius 2 is 1.52 bits per heavy atom. The van der Waals surface area contributed by atoms with Crippen LogP contribution in [-0.4, -0.2) is 16.9 Å². The molecule has 0 atom stereocenters. The molecule has 23 heavy (non-hydrogen) atoms. The van der Waals surface area contributed by atoms with E-state index in [-0.39, 0.29) is 11.9 Å². The number of aromatic nitrogens is 1. The van der Waals surface area contributed by atoms with Crippen molar-refractivity contribution in [2.45, 2.75) is 6.92 Å². The molecule has 0 saturated heterocycles. The van der Waals surface area contributed by atoms with Gasteiger partial charge in [-0.1, -0.05) is 18.2 Å². The monoisotopic (exact) mass is 308 g/mol. The summed E-state index contributed by atoms with van der Waals surface area (Å²) >= 11 is 0. The van der Waals surface area contributed by atoms with Crippen molar-refractivity contribution in [3.63, 3.8) is 0 Å². The Balaban J connectivity index is 1.66. The van der Waals surface area contributed by atoms with Crippen molar-refractivity contribution < 1.29 is 9.59 Å². The second-order valence-electron chi connectivity index (χ2n) is 5.09. The first kappa shape index (κ1) is 14.6. The molecule has 116 valence electrons. The van der Waals surface area contributed by atoms with E-state index in [1.165, 1.54) is 6.92 Å². The average molecular weight is 308 g/mol. The van der Waals surface area contributed by atoms with Gasteiger partial charge >= 0.3 is 6.03 Å². The molecule has 0 bridgehead atoms. The average Bonchev–Trinajstić information content (AvgIpc) is 2.92. The molecule has 0 aliphatic carbocycles. The Kier molecular flexibility index (Phi) is 3.97. The molecule has 0 spiro atoms. The fourth-order valence-corrected chi connectivity index (χ4v) is 2.30. The van der Waals surface area contributed by atoms with Crippen molar-refractivity contribution in [1.29, 1.82) is 0 Å². The van der Waals surface area contributed by atoms with Gasteiger partial charge in [0.2, 0.25) is 5.91 Å². The lowest BCUT2D eigenvalue weighted by atomic mass is 10.2. The SMILES string of the molecule is CC(=O)Nc1ccc(NC(=O)Nc2c[nH]c3ccccc23)cc1. The third-order valence-corrected chi connectivity index (χ3v) is 3.30. The van der Waals surface area contributed by atoms with Gasteiger partial charge in [-0.05, 0) is 30.3 Å². The molecule has 1 heterocycles. The van der Waals surface area contributed by atoms with Crippen LogP contribution in [0.25, 0.3) is 10.9 Å². The summed E-state index contributed by atoms with van der Waals surface area (Å²) < 4.78 is 0. The minimum atomic E-state index is -0.331. The zero-order chi connectivity index (χ0) is 16.2. The lowest BCUT2D eigenvalue weighted by Crippen LogP contribution is -2.19. The van der Waals surface area contributed by atoms with Gasteiger partial charge in [0.25, 0.3) is 0 Å². The van der Waals surface area contributed by atoms with Crippen molar-refractivity contribution in [2.75, 3.05) is 16.0 Å². The predicted octanol–water partition coefficient (Wildman–Crippen LogP) is 3.77. The van der Waals surface area contributed by atoms with E-state index in [0.29, 0.717) is 17.1 Å². The quantitative estimate of drug-likeness (QED) is 0.593. The topological polar surface area (TPSA) is 86.0 Å². The molecular formula is C17H16N4O2. The normalized spacial score (nSPS) is 10.3. The van der Waals surface area contributed by atoms with Crippen molar-refractivity contribution in [3.05, 3.63) is 54.7 Å². The molecule has 0 unspecified atom stereocenters. The number of aromatic amines is 1. The Hall–Kier alpha value is -3.28. The van der Waals surface area contributed by atoms with Gasteiger partial charge in [-0.2, -0.15) is 0 Å². The number of amides is 3. The maximum absolute atomic E-state index is 12.1. The smallest absolute Gasteiger partial charge is 0.323 e. The highest BCUT2D eigenvalue weighted by Crippen LogP contribution is 2.22. The van der Waals surface area contributed by atoms with E-state index < -0.39 is 0 Å². The van der Waals surface area contributed by atoms with Gasteiger partial charge in [0.15, 0.2) is 0 Å². The zero-order valence-electron chi connectivity index (χ0n) is 12.5. The minimum absolute atomic E-state index is 0.136. The van der Waals surface area contributed by atoms with Gasteiger partial charge in [0, 0.05) is 35.4 Å².